The number of hydrogen-bond acceptors (Lipinski definition) is 4. The normalized spacial score (nSPS) is 9.86. The van der Waals surface area contributed by atoms with Gasteiger partial charge in [-0.15, -0.1) is 0 Å². The van der Waals surface area contributed by atoms with Crippen LogP contribution in [0.1, 0.15) is 18.1 Å². The van der Waals surface area contributed by atoms with E-state index in [2.05, 4.69) is 25.1 Å². The largest absolute Gasteiger partial charge is 0.493 e. The lowest BCUT2D eigenvalue weighted by molar-refractivity contribution is 0.211. The summed E-state index contributed by atoms with van der Waals surface area (Å²) in [6.07, 6.45) is 1.02. The Balaban J connectivity index is 1.84. The Bertz CT molecular complexity index is 644. The van der Waals surface area contributed by atoms with Gasteiger partial charge in [-0.25, -0.2) is 0 Å². The minimum Gasteiger partial charge on any atom is -0.493 e. The van der Waals surface area contributed by atoms with Gasteiger partial charge in [0.1, 0.15) is 19.0 Å². The number of aryl methyl sites for hydroxylation is 1. The van der Waals surface area contributed by atoms with Crippen LogP contribution in [0.4, 0.5) is 0 Å². The maximum atomic E-state index is 8.86. The predicted molar refractivity (Wildman–Crippen MR) is 84.5 cm³/mol. The third-order valence-corrected chi connectivity index (χ3v) is 3.23. The zero-order chi connectivity index (χ0) is 15.8. The van der Waals surface area contributed by atoms with Crippen molar-refractivity contribution in [3.63, 3.8) is 0 Å². The molecule has 0 spiro atoms. The molecular formula is C18H19NO3. The number of methoxy groups -OCH3 is 1. The minimum absolute atomic E-state index is 0.401. The average Bonchev–Trinajstić information content (AvgIpc) is 2.59. The van der Waals surface area contributed by atoms with E-state index in [4.69, 9.17) is 19.5 Å². The first-order valence-corrected chi connectivity index (χ1v) is 7.19. The van der Waals surface area contributed by atoms with Gasteiger partial charge in [0.15, 0.2) is 11.5 Å². The van der Waals surface area contributed by atoms with Crippen LogP contribution in [-0.2, 0) is 6.42 Å². The van der Waals surface area contributed by atoms with E-state index in [0.29, 0.717) is 30.3 Å². The van der Waals surface area contributed by atoms with E-state index < -0.39 is 0 Å². The fourth-order valence-electron chi connectivity index (χ4n) is 1.99. The Kier molecular flexibility index (Phi) is 5.67. The summed E-state index contributed by atoms with van der Waals surface area (Å²) in [5, 5.41) is 8.86. The number of ether oxygens (including phenoxy) is 3. The second kappa shape index (κ2) is 7.94. The van der Waals surface area contributed by atoms with E-state index in [-0.39, 0.29) is 0 Å². The average molecular weight is 297 g/mol. The highest BCUT2D eigenvalue weighted by Gasteiger charge is 2.05. The molecule has 114 valence electrons. The monoisotopic (exact) mass is 297 g/mol. The lowest BCUT2D eigenvalue weighted by Crippen LogP contribution is -2.09. The molecule has 0 amide bonds. The van der Waals surface area contributed by atoms with Crippen molar-refractivity contribution >= 4 is 0 Å². The maximum Gasteiger partial charge on any atom is 0.162 e. The van der Waals surface area contributed by atoms with Gasteiger partial charge < -0.3 is 14.2 Å². The zero-order valence-electron chi connectivity index (χ0n) is 12.8. The van der Waals surface area contributed by atoms with Gasteiger partial charge in [-0.2, -0.15) is 5.26 Å². The van der Waals surface area contributed by atoms with Gasteiger partial charge in [0, 0.05) is 6.07 Å². The molecule has 0 radical (unpaired) electrons. The summed E-state index contributed by atoms with van der Waals surface area (Å²) in [5.74, 6) is 1.98. The molecule has 2 rings (SSSR count). The zero-order valence-corrected chi connectivity index (χ0v) is 12.8. The lowest BCUT2D eigenvalue weighted by atomic mass is 10.2. The van der Waals surface area contributed by atoms with Crippen molar-refractivity contribution in [2.75, 3.05) is 20.3 Å². The molecule has 0 aliphatic rings. The Labute approximate surface area is 130 Å². The second-order valence-corrected chi connectivity index (χ2v) is 4.67. The molecule has 0 bridgehead atoms. The molecule has 4 heteroatoms. The predicted octanol–water partition coefficient (Wildman–Crippen LogP) is 3.59. The van der Waals surface area contributed by atoms with Crippen LogP contribution in [0, 0.1) is 11.3 Å². The smallest absolute Gasteiger partial charge is 0.162 e. The van der Waals surface area contributed by atoms with Crippen LogP contribution in [0.25, 0.3) is 0 Å². The molecule has 0 aromatic heterocycles. The first-order chi connectivity index (χ1) is 10.8. The molecule has 0 N–H and O–H groups in total. The molecule has 0 aliphatic carbocycles. The van der Waals surface area contributed by atoms with Crippen LogP contribution in [0.2, 0.25) is 0 Å². The lowest BCUT2D eigenvalue weighted by Gasteiger charge is -2.11. The first kappa shape index (κ1) is 15.7. The van der Waals surface area contributed by atoms with Crippen LogP contribution in [-0.4, -0.2) is 20.3 Å². The quantitative estimate of drug-likeness (QED) is 0.733. The number of hydrogen-bond donors (Lipinski definition) is 0. The first-order valence-electron chi connectivity index (χ1n) is 7.19. The van der Waals surface area contributed by atoms with E-state index in [9.17, 15) is 0 Å². The Morgan fingerprint density at radius 3 is 2.32 bits per heavy atom. The van der Waals surface area contributed by atoms with Gasteiger partial charge in [-0.3, -0.25) is 0 Å². The third kappa shape index (κ3) is 4.16. The molecule has 0 aliphatic heterocycles. The topological polar surface area (TPSA) is 51.5 Å². The van der Waals surface area contributed by atoms with E-state index in [1.54, 1.807) is 25.3 Å². The summed E-state index contributed by atoms with van der Waals surface area (Å²) >= 11 is 0. The number of nitriles is 1. The SMILES string of the molecule is CCc1ccc(OCCOc2ccc(C#N)cc2OC)cc1. The summed E-state index contributed by atoms with van der Waals surface area (Å²) in [7, 11) is 1.55. The van der Waals surface area contributed by atoms with Gasteiger partial charge in [0.2, 0.25) is 0 Å². The molecule has 4 nitrogen and oxygen atoms in total. The van der Waals surface area contributed by atoms with Crippen molar-refractivity contribution < 1.29 is 14.2 Å². The van der Waals surface area contributed by atoms with Gasteiger partial charge in [-0.05, 0) is 36.2 Å². The number of nitrogens with zero attached hydrogens (tertiary/aromatic N) is 1. The summed E-state index contributed by atoms with van der Waals surface area (Å²) in [4.78, 5) is 0. The highest BCUT2D eigenvalue weighted by molar-refractivity contribution is 5.46. The maximum absolute atomic E-state index is 8.86. The molecule has 0 atom stereocenters. The molecule has 0 heterocycles. The van der Waals surface area contributed by atoms with E-state index in [1.807, 2.05) is 12.1 Å². The van der Waals surface area contributed by atoms with E-state index in [1.165, 1.54) is 5.56 Å². The van der Waals surface area contributed by atoms with Crippen molar-refractivity contribution in [1.82, 2.24) is 0 Å². The molecular weight excluding hydrogens is 278 g/mol. The van der Waals surface area contributed by atoms with Crippen molar-refractivity contribution in [3.8, 4) is 23.3 Å². The van der Waals surface area contributed by atoms with Crippen LogP contribution < -0.4 is 14.2 Å². The second-order valence-electron chi connectivity index (χ2n) is 4.67. The molecule has 2 aromatic carbocycles. The Morgan fingerprint density at radius 2 is 1.68 bits per heavy atom. The van der Waals surface area contributed by atoms with Crippen LogP contribution >= 0.6 is 0 Å². The third-order valence-electron chi connectivity index (χ3n) is 3.23. The van der Waals surface area contributed by atoms with Crippen molar-refractivity contribution in [2.45, 2.75) is 13.3 Å². The van der Waals surface area contributed by atoms with Crippen LogP contribution in [0.5, 0.6) is 17.2 Å². The standard InChI is InChI=1S/C18H19NO3/c1-3-14-4-7-16(8-5-14)21-10-11-22-17-9-6-15(13-19)12-18(17)20-2/h4-9,12H,3,10-11H2,1-2H3. The molecule has 0 unspecified atom stereocenters. The molecule has 22 heavy (non-hydrogen) atoms. The Morgan fingerprint density at radius 1 is 0.955 bits per heavy atom. The summed E-state index contributed by atoms with van der Waals surface area (Å²) < 4.78 is 16.5. The minimum atomic E-state index is 0.401. The molecule has 0 saturated carbocycles. The van der Waals surface area contributed by atoms with Crippen LogP contribution in [0.15, 0.2) is 42.5 Å². The van der Waals surface area contributed by atoms with Gasteiger partial charge in [0.05, 0.1) is 18.7 Å². The van der Waals surface area contributed by atoms with Gasteiger partial charge in [-0.1, -0.05) is 19.1 Å². The van der Waals surface area contributed by atoms with E-state index >= 15 is 0 Å². The Hall–Kier alpha value is -2.67. The highest BCUT2D eigenvalue weighted by Crippen LogP contribution is 2.27. The van der Waals surface area contributed by atoms with Crippen molar-refractivity contribution in [1.29, 1.82) is 5.26 Å². The highest BCUT2D eigenvalue weighted by atomic mass is 16.5. The fraction of sp³-hybridized carbons (Fsp3) is 0.278. The van der Waals surface area contributed by atoms with E-state index in [0.717, 1.165) is 12.2 Å². The van der Waals surface area contributed by atoms with Gasteiger partial charge in [0.25, 0.3) is 0 Å². The van der Waals surface area contributed by atoms with Crippen molar-refractivity contribution in [2.24, 2.45) is 0 Å². The van der Waals surface area contributed by atoms with Crippen LogP contribution in [0.3, 0.4) is 0 Å². The summed E-state index contributed by atoms with van der Waals surface area (Å²) in [6, 6.07) is 15.2. The number of rotatable bonds is 7. The molecule has 2 aromatic rings. The molecule has 0 fully saturated rings. The summed E-state index contributed by atoms with van der Waals surface area (Å²) in [6.45, 7) is 2.96. The molecule has 0 saturated heterocycles. The van der Waals surface area contributed by atoms with Crippen molar-refractivity contribution in [3.05, 3.63) is 53.6 Å². The summed E-state index contributed by atoms with van der Waals surface area (Å²) in [5.41, 5.74) is 1.82. The fourth-order valence-corrected chi connectivity index (χ4v) is 1.99. The number of benzene rings is 2. The van der Waals surface area contributed by atoms with Gasteiger partial charge >= 0.3 is 0 Å².